The Morgan fingerprint density at radius 3 is 2.85 bits per heavy atom. The van der Waals surface area contributed by atoms with Crippen molar-refractivity contribution in [2.75, 3.05) is 24.8 Å². The molecule has 0 bridgehead atoms. The van der Waals surface area contributed by atoms with Gasteiger partial charge in [-0.2, -0.15) is 0 Å². The van der Waals surface area contributed by atoms with E-state index in [1.165, 1.54) is 7.11 Å². The highest BCUT2D eigenvalue weighted by atomic mass is 16.5. The quantitative estimate of drug-likeness (QED) is 0.678. The highest BCUT2D eigenvalue weighted by Crippen LogP contribution is 2.16. The average Bonchev–Trinajstić information content (AvgIpc) is 2.09. The number of nitrogens with one attached hydrogen (secondary N) is 1. The monoisotopic (exact) mass is 180 g/mol. The molecule has 70 valence electrons. The highest BCUT2D eigenvalue weighted by molar-refractivity contribution is 5.94. The van der Waals surface area contributed by atoms with Gasteiger partial charge in [-0.25, -0.2) is 0 Å². The molecule has 1 rings (SSSR count). The number of nitrogen functional groups attached to an aromatic ring is 1. The first-order chi connectivity index (χ1) is 6.24. The number of methoxy groups -OCH3 is 1. The zero-order valence-corrected chi connectivity index (χ0v) is 7.41. The predicted molar refractivity (Wildman–Crippen MR) is 51.4 cm³/mol. The number of hydrogen-bond acceptors (Lipinski definition) is 3. The normalized spacial score (nSPS) is 9.62. The van der Waals surface area contributed by atoms with Crippen LogP contribution in [-0.4, -0.2) is 19.6 Å². The zero-order chi connectivity index (χ0) is 9.68. The zero-order valence-electron chi connectivity index (χ0n) is 7.41. The van der Waals surface area contributed by atoms with Crippen LogP contribution in [0.4, 0.5) is 11.4 Å². The number of benzene rings is 1. The van der Waals surface area contributed by atoms with Crippen molar-refractivity contribution in [1.82, 2.24) is 0 Å². The lowest BCUT2D eigenvalue weighted by Gasteiger charge is -2.06. The Balaban J connectivity index is 2.63. The van der Waals surface area contributed by atoms with Gasteiger partial charge >= 0.3 is 0 Å². The maximum Gasteiger partial charge on any atom is 0.250 e. The maximum atomic E-state index is 11.1. The third kappa shape index (κ3) is 2.76. The number of nitrogens with two attached hydrogens (primary N) is 1. The van der Waals surface area contributed by atoms with Crippen molar-refractivity contribution in [2.24, 2.45) is 0 Å². The van der Waals surface area contributed by atoms with Gasteiger partial charge < -0.3 is 15.8 Å². The van der Waals surface area contributed by atoms with E-state index in [0.29, 0.717) is 11.4 Å². The Morgan fingerprint density at radius 2 is 2.23 bits per heavy atom. The van der Waals surface area contributed by atoms with Crippen LogP contribution in [0.5, 0.6) is 0 Å². The molecule has 0 aliphatic carbocycles. The molecule has 1 aromatic rings. The van der Waals surface area contributed by atoms with E-state index in [9.17, 15) is 4.79 Å². The Labute approximate surface area is 76.7 Å². The van der Waals surface area contributed by atoms with Gasteiger partial charge in [0, 0.05) is 7.11 Å². The van der Waals surface area contributed by atoms with E-state index < -0.39 is 0 Å². The highest BCUT2D eigenvalue weighted by Gasteiger charge is 2.02. The van der Waals surface area contributed by atoms with Gasteiger partial charge in [-0.3, -0.25) is 4.79 Å². The summed E-state index contributed by atoms with van der Waals surface area (Å²) >= 11 is 0. The molecule has 0 spiro atoms. The lowest BCUT2D eigenvalue weighted by Crippen LogP contribution is -2.17. The molecule has 4 heteroatoms. The second-order valence-electron chi connectivity index (χ2n) is 2.57. The lowest BCUT2D eigenvalue weighted by molar-refractivity contribution is -0.119. The van der Waals surface area contributed by atoms with E-state index in [0.717, 1.165) is 0 Å². The number of carbonyl (C=O) groups excluding carboxylic acids is 1. The van der Waals surface area contributed by atoms with E-state index >= 15 is 0 Å². The van der Waals surface area contributed by atoms with Crippen LogP contribution in [0.2, 0.25) is 0 Å². The number of amides is 1. The third-order valence-electron chi connectivity index (χ3n) is 1.51. The fourth-order valence-corrected chi connectivity index (χ4v) is 0.928. The summed E-state index contributed by atoms with van der Waals surface area (Å²) in [6, 6.07) is 7.07. The van der Waals surface area contributed by atoms with Gasteiger partial charge in [-0.15, -0.1) is 0 Å². The van der Waals surface area contributed by atoms with Crippen LogP contribution in [0.3, 0.4) is 0 Å². The average molecular weight is 180 g/mol. The van der Waals surface area contributed by atoms with Gasteiger partial charge in [-0.05, 0) is 12.1 Å². The molecule has 0 heterocycles. The molecule has 0 aliphatic rings. The number of para-hydroxylation sites is 2. The fourth-order valence-electron chi connectivity index (χ4n) is 0.928. The van der Waals surface area contributed by atoms with Crippen molar-refractivity contribution in [2.45, 2.75) is 0 Å². The number of carbonyl (C=O) groups is 1. The summed E-state index contributed by atoms with van der Waals surface area (Å²) in [5, 5.41) is 2.62. The van der Waals surface area contributed by atoms with Gasteiger partial charge in [0.25, 0.3) is 0 Å². The lowest BCUT2D eigenvalue weighted by atomic mass is 10.3. The minimum atomic E-state index is -0.208. The second-order valence-corrected chi connectivity index (χ2v) is 2.57. The van der Waals surface area contributed by atoms with Crippen molar-refractivity contribution in [3.8, 4) is 0 Å². The number of ether oxygens (including phenoxy) is 1. The molecule has 0 unspecified atom stereocenters. The van der Waals surface area contributed by atoms with E-state index in [2.05, 4.69) is 10.1 Å². The standard InChI is InChI=1S/C9H12N2O2/c1-13-6-9(12)11-8-5-3-2-4-7(8)10/h2-5H,6,10H2,1H3,(H,11,12). The summed E-state index contributed by atoms with van der Waals surface area (Å²) in [7, 11) is 1.47. The summed E-state index contributed by atoms with van der Waals surface area (Å²) in [5.41, 5.74) is 6.77. The van der Waals surface area contributed by atoms with Crippen LogP contribution < -0.4 is 11.1 Å². The first-order valence-electron chi connectivity index (χ1n) is 3.87. The molecule has 13 heavy (non-hydrogen) atoms. The number of hydrogen-bond donors (Lipinski definition) is 2. The summed E-state index contributed by atoms with van der Waals surface area (Å²) in [6.45, 7) is 0.0360. The van der Waals surface area contributed by atoms with Crippen molar-refractivity contribution in [3.63, 3.8) is 0 Å². The minimum absolute atomic E-state index is 0.0360. The summed E-state index contributed by atoms with van der Waals surface area (Å²) in [6.07, 6.45) is 0. The van der Waals surface area contributed by atoms with Crippen molar-refractivity contribution in [1.29, 1.82) is 0 Å². The van der Waals surface area contributed by atoms with E-state index in [1.807, 2.05) is 0 Å². The molecule has 1 amide bonds. The smallest absolute Gasteiger partial charge is 0.250 e. The molecule has 3 N–H and O–H groups in total. The Kier molecular flexibility index (Phi) is 3.28. The Morgan fingerprint density at radius 1 is 1.54 bits per heavy atom. The van der Waals surface area contributed by atoms with Crippen LogP contribution >= 0.6 is 0 Å². The van der Waals surface area contributed by atoms with E-state index in [1.54, 1.807) is 24.3 Å². The topological polar surface area (TPSA) is 64.3 Å². The predicted octanol–water partition coefficient (Wildman–Crippen LogP) is 0.854. The minimum Gasteiger partial charge on any atom is -0.397 e. The van der Waals surface area contributed by atoms with Gasteiger partial charge in [0.2, 0.25) is 5.91 Å². The van der Waals surface area contributed by atoms with Crippen LogP contribution in [0.15, 0.2) is 24.3 Å². The molecule has 0 saturated carbocycles. The van der Waals surface area contributed by atoms with Gasteiger partial charge in [0.1, 0.15) is 6.61 Å². The van der Waals surface area contributed by atoms with E-state index in [-0.39, 0.29) is 12.5 Å². The van der Waals surface area contributed by atoms with Crippen LogP contribution in [0, 0.1) is 0 Å². The molecular weight excluding hydrogens is 168 g/mol. The van der Waals surface area contributed by atoms with E-state index in [4.69, 9.17) is 5.73 Å². The molecule has 0 aliphatic heterocycles. The van der Waals surface area contributed by atoms with Crippen LogP contribution in [0.25, 0.3) is 0 Å². The van der Waals surface area contributed by atoms with Crippen LogP contribution in [-0.2, 0) is 9.53 Å². The Bertz CT molecular complexity index is 299. The van der Waals surface area contributed by atoms with Crippen molar-refractivity contribution < 1.29 is 9.53 Å². The molecule has 0 saturated heterocycles. The largest absolute Gasteiger partial charge is 0.397 e. The molecule has 0 radical (unpaired) electrons. The first-order valence-corrected chi connectivity index (χ1v) is 3.87. The van der Waals surface area contributed by atoms with Gasteiger partial charge in [0.15, 0.2) is 0 Å². The first kappa shape index (κ1) is 9.54. The SMILES string of the molecule is COCC(=O)Nc1ccccc1N. The Hall–Kier alpha value is -1.55. The van der Waals surface area contributed by atoms with Crippen molar-refractivity contribution >= 4 is 17.3 Å². The van der Waals surface area contributed by atoms with Crippen LogP contribution in [0.1, 0.15) is 0 Å². The third-order valence-corrected chi connectivity index (χ3v) is 1.51. The maximum absolute atomic E-state index is 11.1. The summed E-state index contributed by atoms with van der Waals surface area (Å²) in [5.74, 6) is -0.208. The molecular formula is C9H12N2O2. The van der Waals surface area contributed by atoms with Gasteiger partial charge in [-0.1, -0.05) is 12.1 Å². The van der Waals surface area contributed by atoms with Crippen molar-refractivity contribution in [3.05, 3.63) is 24.3 Å². The number of anilines is 2. The summed E-state index contributed by atoms with van der Waals surface area (Å²) in [4.78, 5) is 11.1. The fraction of sp³-hybridized carbons (Fsp3) is 0.222. The summed E-state index contributed by atoms with van der Waals surface area (Å²) < 4.78 is 4.66. The number of rotatable bonds is 3. The second kappa shape index (κ2) is 4.47. The molecule has 4 nitrogen and oxygen atoms in total. The molecule has 0 fully saturated rings. The van der Waals surface area contributed by atoms with Gasteiger partial charge in [0.05, 0.1) is 11.4 Å². The molecule has 1 aromatic carbocycles. The molecule has 0 aromatic heterocycles. The molecule has 0 atom stereocenters.